The number of aromatic amines is 1. The van der Waals surface area contributed by atoms with E-state index in [4.69, 9.17) is 21.1 Å². The Labute approximate surface area is 155 Å². The van der Waals surface area contributed by atoms with Crippen molar-refractivity contribution < 1.29 is 14.3 Å². The third kappa shape index (κ3) is 2.68. The number of aryl methyl sites for hydroxylation is 2. The topological polar surface area (TPSA) is 66.2 Å². The van der Waals surface area contributed by atoms with Crippen LogP contribution in [0.4, 0.5) is 0 Å². The van der Waals surface area contributed by atoms with Gasteiger partial charge in [-0.25, -0.2) is 4.79 Å². The van der Waals surface area contributed by atoms with Crippen LogP contribution in [0.5, 0.6) is 0 Å². The lowest BCUT2D eigenvalue weighted by Crippen LogP contribution is -1.96. The first-order valence-electron chi connectivity index (χ1n) is 8.16. The molecule has 26 heavy (non-hydrogen) atoms. The van der Waals surface area contributed by atoms with Gasteiger partial charge >= 0.3 is 5.97 Å². The molecule has 0 bridgehead atoms. The number of aromatic carboxylic acids is 1. The van der Waals surface area contributed by atoms with Crippen molar-refractivity contribution in [2.45, 2.75) is 13.8 Å². The molecule has 2 aromatic carbocycles. The van der Waals surface area contributed by atoms with Crippen molar-refractivity contribution in [3.8, 4) is 22.7 Å². The molecule has 4 nitrogen and oxygen atoms in total. The number of carbonyl (C=O) groups is 1. The Hall–Kier alpha value is -2.98. The number of hydrogen-bond acceptors (Lipinski definition) is 2. The van der Waals surface area contributed by atoms with E-state index in [1.54, 1.807) is 6.07 Å². The van der Waals surface area contributed by atoms with Gasteiger partial charge < -0.3 is 14.5 Å². The van der Waals surface area contributed by atoms with Crippen molar-refractivity contribution >= 4 is 28.5 Å². The molecule has 130 valence electrons. The summed E-state index contributed by atoms with van der Waals surface area (Å²) < 4.78 is 6.05. The molecule has 0 amide bonds. The normalized spacial score (nSPS) is 11.2. The minimum absolute atomic E-state index is 0.161. The highest BCUT2D eigenvalue weighted by Crippen LogP contribution is 2.34. The SMILES string of the molecule is Cc1ccc(C)c2oc(-c3ccc(-c4ccc(C(=O)O)cc4Cl)[nH]3)cc12. The van der Waals surface area contributed by atoms with Crippen LogP contribution in [0.25, 0.3) is 33.7 Å². The summed E-state index contributed by atoms with van der Waals surface area (Å²) in [6.45, 7) is 4.09. The van der Waals surface area contributed by atoms with Crippen LogP contribution < -0.4 is 0 Å². The van der Waals surface area contributed by atoms with Crippen molar-refractivity contribution in [1.82, 2.24) is 4.98 Å². The second-order valence-electron chi connectivity index (χ2n) is 6.34. The van der Waals surface area contributed by atoms with Gasteiger partial charge in [0.15, 0.2) is 5.76 Å². The number of fused-ring (bicyclic) bond motifs is 1. The summed E-state index contributed by atoms with van der Waals surface area (Å²) in [5.74, 6) is -0.249. The van der Waals surface area contributed by atoms with Gasteiger partial charge in [-0.2, -0.15) is 0 Å². The smallest absolute Gasteiger partial charge is 0.335 e. The number of halogens is 1. The molecular formula is C21H16ClNO3. The number of rotatable bonds is 3. The van der Waals surface area contributed by atoms with Gasteiger partial charge in [0.25, 0.3) is 0 Å². The molecule has 0 saturated heterocycles. The molecule has 0 unspecified atom stereocenters. The average Bonchev–Trinajstić information content (AvgIpc) is 3.25. The van der Waals surface area contributed by atoms with Gasteiger partial charge in [0.1, 0.15) is 5.58 Å². The molecule has 2 N–H and O–H groups in total. The van der Waals surface area contributed by atoms with E-state index >= 15 is 0 Å². The molecule has 2 aromatic heterocycles. The number of carboxylic acids is 1. The predicted octanol–water partition coefficient (Wildman–Crippen LogP) is 6.06. The van der Waals surface area contributed by atoms with Crippen molar-refractivity contribution in [2.75, 3.05) is 0 Å². The van der Waals surface area contributed by atoms with Gasteiger partial charge in [-0.15, -0.1) is 0 Å². The summed E-state index contributed by atoms with van der Waals surface area (Å²) in [6.07, 6.45) is 0. The third-order valence-electron chi connectivity index (χ3n) is 4.56. The maximum Gasteiger partial charge on any atom is 0.335 e. The molecule has 0 radical (unpaired) electrons. The first-order valence-corrected chi connectivity index (χ1v) is 8.54. The predicted molar refractivity (Wildman–Crippen MR) is 103 cm³/mol. The first kappa shape index (κ1) is 16.5. The maximum atomic E-state index is 11.1. The van der Waals surface area contributed by atoms with E-state index in [2.05, 4.69) is 24.0 Å². The average molecular weight is 366 g/mol. The molecule has 0 saturated carbocycles. The monoisotopic (exact) mass is 365 g/mol. The zero-order valence-electron chi connectivity index (χ0n) is 14.3. The van der Waals surface area contributed by atoms with E-state index in [1.807, 2.05) is 25.1 Å². The Morgan fingerprint density at radius 1 is 1.00 bits per heavy atom. The standard InChI is InChI=1S/C21H16ClNO3/c1-11-3-4-12(2)20-15(11)10-19(26-20)18-8-7-17(23-18)14-6-5-13(21(24)25)9-16(14)22/h3-10,23H,1-2H3,(H,24,25). The number of hydrogen-bond donors (Lipinski definition) is 2. The number of carboxylic acid groups (broad SMARTS) is 1. The number of nitrogens with one attached hydrogen (secondary N) is 1. The van der Waals surface area contributed by atoms with Crippen molar-refractivity contribution in [3.63, 3.8) is 0 Å². The molecule has 5 heteroatoms. The number of benzene rings is 2. The summed E-state index contributed by atoms with van der Waals surface area (Å²) in [5, 5.41) is 10.5. The second kappa shape index (κ2) is 6.07. The lowest BCUT2D eigenvalue weighted by molar-refractivity contribution is 0.0697. The van der Waals surface area contributed by atoms with Crippen LogP contribution in [0.2, 0.25) is 5.02 Å². The van der Waals surface area contributed by atoms with Crippen LogP contribution in [0.3, 0.4) is 0 Å². The zero-order chi connectivity index (χ0) is 18.4. The van der Waals surface area contributed by atoms with Gasteiger partial charge in [0.05, 0.1) is 16.3 Å². The molecule has 4 rings (SSSR count). The second-order valence-corrected chi connectivity index (χ2v) is 6.75. The van der Waals surface area contributed by atoms with Crippen molar-refractivity contribution in [2.24, 2.45) is 0 Å². The Bertz CT molecular complexity index is 1110. The number of H-pyrrole nitrogens is 1. The van der Waals surface area contributed by atoms with Crippen molar-refractivity contribution in [1.29, 1.82) is 0 Å². The summed E-state index contributed by atoms with van der Waals surface area (Å²) in [7, 11) is 0. The molecule has 0 fully saturated rings. The zero-order valence-corrected chi connectivity index (χ0v) is 15.0. The Morgan fingerprint density at radius 2 is 1.73 bits per heavy atom. The highest BCUT2D eigenvalue weighted by Gasteiger charge is 2.14. The van der Waals surface area contributed by atoms with Gasteiger partial charge in [-0.05, 0) is 55.3 Å². The van der Waals surface area contributed by atoms with Gasteiger partial charge in [-0.1, -0.05) is 29.8 Å². The fourth-order valence-corrected chi connectivity index (χ4v) is 3.37. The van der Waals surface area contributed by atoms with Crippen LogP contribution in [0.15, 0.2) is 52.9 Å². The van der Waals surface area contributed by atoms with E-state index in [1.165, 1.54) is 17.7 Å². The van der Waals surface area contributed by atoms with E-state index in [-0.39, 0.29) is 5.56 Å². The molecule has 4 aromatic rings. The fraction of sp³-hybridized carbons (Fsp3) is 0.0952. The minimum atomic E-state index is -1.00. The van der Waals surface area contributed by atoms with Crippen LogP contribution in [0, 0.1) is 13.8 Å². The lowest BCUT2D eigenvalue weighted by atomic mass is 10.1. The third-order valence-corrected chi connectivity index (χ3v) is 4.87. The van der Waals surface area contributed by atoms with E-state index in [0.29, 0.717) is 5.02 Å². The maximum absolute atomic E-state index is 11.1. The molecule has 2 heterocycles. The van der Waals surface area contributed by atoms with Crippen LogP contribution >= 0.6 is 11.6 Å². The number of furan rings is 1. The largest absolute Gasteiger partial charge is 0.478 e. The highest BCUT2D eigenvalue weighted by atomic mass is 35.5. The van der Waals surface area contributed by atoms with E-state index in [0.717, 1.165) is 39.2 Å². The Balaban J connectivity index is 1.76. The summed E-state index contributed by atoms with van der Waals surface area (Å²) in [5.41, 5.74) is 5.69. The van der Waals surface area contributed by atoms with E-state index in [9.17, 15) is 4.79 Å². The Kier molecular flexibility index (Phi) is 3.85. The summed E-state index contributed by atoms with van der Waals surface area (Å²) >= 11 is 6.26. The van der Waals surface area contributed by atoms with Crippen LogP contribution in [-0.4, -0.2) is 16.1 Å². The van der Waals surface area contributed by atoms with Gasteiger partial charge in [0, 0.05) is 16.6 Å². The molecule has 0 aliphatic carbocycles. The van der Waals surface area contributed by atoms with Crippen LogP contribution in [0.1, 0.15) is 21.5 Å². The van der Waals surface area contributed by atoms with Crippen LogP contribution in [-0.2, 0) is 0 Å². The van der Waals surface area contributed by atoms with Gasteiger partial charge in [0.2, 0.25) is 0 Å². The number of aromatic nitrogens is 1. The van der Waals surface area contributed by atoms with Gasteiger partial charge in [-0.3, -0.25) is 0 Å². The minimum Gasteiger partial charge on any atom is -0.478 e. The summed E-state index contributed by atoms with van der Waals surface area (Å²) in [6, 6.07) is 14.7. The fourth-order valence-electron chi connectivity index (χ4n) is 3.09. The highest BCUT2D eigenvalue weighted by molar-refractivity contribution is 6.33. The molecule has 0 atom stereocenters. The molecular weight excluding hydrogens is 350 g/mol. The van der Waals surface area contributed by atoms with E-state index < -0.39 is 5.97 Å². The lowest BCUT2D eigenvalue weighted by Gasteiger charge is -2.03. The summed E-state index contributed by atoms with van der Waals surface area (Å²) in [4.78, 5) is 14.4. The molecule has 0 aliphatic rings. The molecule has 0 aliphatic heterocycles. The quantitative estimate of drug-likeness (QED) is 0.463. The molecule has 0 spiro atoms. The Morgan fingerprint density at radius 3 is 2.42 bits per heavy atom. The first-order chi connectivity index (χ1) is 12.4. The van der Waals surface area contributed by atoms with Crippen molar-refractivity contribution in [3.05, 3.63) is 70.2 Å².